The molecule has 4 heteroatoms. The molecule has 0 heterocycles. The molecule has 0 aliphatic heterocycles. The van der Waals surface area contributed by atoms with E-state index < -0.39 is 17.8 Å². The number of carbonyl (C=O) groups excluding carboxylic acids is 1. The van der Waals surface area contributed by atoms with Gasteiger partial charge in [-0.1, -0.05) is 26.2 Å². The number of carbonyl (C=O) groups is 2. The largest absolute Gasteiger partial charge is 0.481 e. The van der Waals surface area contributed by atoms with Gasteiger partial charge in [-0.15, -0.1) is 0 Å². The summed E-state index contributed by atoms with van der Waals surface area (Å²) in [4.78, 5) is 22.7. The van der Waals surface area contributed by atoms with Gasteiger partial charge in [0.15, 0.2) is 0 Å². The first-order chi connectivity index (χ1) is 7.66. The average Bonchev–Trinajstić information content (AvgIpc) is 2.29. The molecular weight excluding hydrogens is 208 g/mol. The summed E-state index contributed by atoms with van der Waals surface area (Å²) in [6, 6.07) is 0. The minimum Gasteiger partial charge on any atom is -0.481 e. The van der Waals surface area contributed by atoms with Crippen molar-refractivity contribution in [2.75, 3.05) is 6.61 Å². The fourth-order valence-corrected chi connectivity index (χ4v) is 2.13. The van der Waals surface area contributed by atoms with Gasteiger partial charge >= 0.3 is 11.9 Å². The van der Waals surface area contributed by atoms with Gasteiger partial charge in [-0.3, -0.25) is 9.59 Å². The number of aliphatic carboxylic acids is 1. The second kappa shape index (κ2) is 6.51. The Hall–Kier alpha value is -1.06. The zero-order chi connectivity index (χ0) is 12.0. The monoisotopic (exact) mass is 228 g/mol. The first-order valence-corrected chi connectivity index (χ1v) is 6.06. The highest BCUT2D eigenvalue weighted by Gasteiger charge is 2.36. The summed E-state index contributed by atoms with van der Waals surface area (Å²) in [5, 5.41) is 9.02. The van der Waals surface area contributed by atoms with Crippen molar-refractivity contribution in [2.24, 2.45) is 11.8 Å². The summed E-state index contributed by atoms with van der Waals surface area (Å²) in [6.45, 7) is 2.44. The molecule has 0 aromatic heterocycles. The predicted molar refractivity (Wildman–Crippen MR) is 59.0 cm³/mol. The molecule has 1 aliphatic rings. The molecule has 1 saturated carbocycles. The summed E-state index contributed by atoms with van der Waals surface area (Å²) >= 11 is 0. The van der Waals surface area contributed by atoms with Crippen LogP contribution in [0.25, 0.3) is 0 Å². The number of carboxylic acids is 1. The van der Waals surface area contributed by atoms with E-state index in [4.69, 9.17) is 9.84 Å². The summed E-state index contributed by atoms with van der Waals surface area (Å²) < 4.78 is 5.10. The van der Waals surface area contributed by atoms with Crippen molar-refractivity contribution >= 4 is 11.9 Å². The Morgan fingerprint density at radius 1 is 1.25 bits per heavy atom. The van der Waals surface area contributed by atoms with Crippen molar-refractivity contribution in [2.45, 2.75) is 45.4 Å². The highest BCUT2D eigenvalue weighted by molar-refractivity contribution is 5.81. The van der Waals surface area contributed by atoms with E-state index in [1.165, 1.54) is 0 Å². The second-order valence-electron chi connectivity index (χ2n) is 4.36. The van der Waals surface area contributed by atoms with Crippen molar-refractivity contribution in [3.05, 3.63) is 0 Å². The van der Waals surface area contributed by atoms with Crippen LogP contribution in [0.15, 0.2) is 0 Å². The van der Waals surface area contributed by atoms with E-state index in [-0.39, 0.29) is 5.97 Å². The Labute approximate surface area is 96.0 Å². The molecular formula is C12H20O4. The molecule has 2 atom stereocenters. The highest BCUT2D eigenvalue weighted by atomic mass is 16.5. The van der Waals surface area contributed by atoms with Gasteiger partial charge < -0.3 is 9.84 Å². The maximum absolute atomic E-state index is 11.7. The Morgan fingerprint density at radius 2 is 1.88 bits per heavy atom. The van der Waals surface area contributed by atoms with Gasteiger partial charge in [0.1, 0.15) is 0 Å². The lowest BCUT2D eigenvalue weighted by Gasteiger charge is -2.26. The summed E-state index contributed by atoms with van der Waals surface area (Å²) in [5.74, 6) is -2.15. The molecule has 0 aromatic rings. The van der Waals surface area contributed by atoms with Crippen LogP contribution in [0.3, 0.4) is 0 Å². The molecule has 92 valence electrons. The van der Waals surface area contributed by atoms with Crippen LogP contribution >= 0.6 is 0 Å². The van der Waals surface area contributed by atoms with Crippen LogP contribution in [0.5, 0.6) is 0 Å². The quantitative estimate of drug-likeness (QED) is 0.579. The van der Waals surface area contributed by atoms with Gasteiger partial charge in [-0.25, -0.2) is 0 Å². The lowest BCUT2D eigenvalue weighted by molar-refractivity contribution is -0.159. The van der Waals surface area contributed by atoms with Crippen LogP contribution in [-0.2, 0) is 14.3 Å². The van der Waals surface area contributed by atoms with Crippen LogP contribution in [0.1, 0.15) is 45.4 Å². The normalized spacial score (nSPS) is 25.1. The lowest BCUT2D eigenvalue weighted by atomic mass is 9.79. The number of carboxylic acid groups (broad SMARTS) is 1. The Balaban J connectivity index is 2.47. The average molecular weight is 228 g/mol. The van der Waals surface area contributed by atoms with Crippen molar-refractivity contribution in [1.82, 2.24) is 0 Å². The van der Waals surface area contributed by atoms with E-state index in [1.807, 2.05) is 6.92 Å². The zero-order valence-electron chi connectivity index (χ0n) is 9.78. The van der Waals surface area contributed by atoms with E-state index >= 15 is 0 Å². The number of esters is 1. The zero-order valence-corrected chi connectivity index (χ0v) is 9.78. The maximum Gasteiger partial charge on any atom is 0.309 e. The molecule has 1 N–H and O–H groups in total. The van der Waals surface area contributed by atoms with Gasteiger partial charge in [-0.2, -0.15) is 0 Å². The maximum atomic E-state index is 11.7. The highest BCUT2D eigenvalue weighted by Crippen LogP contribution is 2.31. The fraction of sp³-hybridized carbons (Fsp3) is 0.833. The SMILES string of the molecule is CCCCOC(=O)[C@@H]1CCCC[C@H]1C(=O)O. The molecule has 0 unspecified atom stereocenters. The van der Waals surface area contributed by atoms with Gasteiger partial charge in [-0.05, 0) is 19.3 Å². The van der Waals surface area contributed by atoms with Crippen molar-refractivity contribution in [1.29, 1.82) is 0 Å². The first-order valence-electron chi connectivity index (χ1n) is 6.06. The van der Waals surface area contributed by atoms with Crippen molar-refractivity contribution in [3.8, 4) is 0 Å². The minimum atomic E-state index is -0.864. The van der Waals surface area contributed by atoms with E-state index in [0.29, 0.717) is 19.4 Å². The smallest absolute Gasteiger partial charge is 0.309 e. The van der Waals surface area contributed by atoms with Gasteiger partial charge in [0.25, 0.3) is 0 Å². The van der Waals surface area contributed by atoms with Crippen LogP contribution in [-0.4, -0.2) is 23.7 Å². The molecule has 4 nitrogen and oxygen atoms in total. The number of ether oxygens (including phenoxy) is 1. The van der Waals surface area contributed by atoms with Gasteiger partial charge in [0.05, 0.1) is 18.4 Å². The van der Waals surface area contributed by atoms with Crippen LogP contribution in [0.2, 0.25) is 0 Å². The summed E-state index contributed by atoms with van der Waals surface area (Å²) in [5.41, 5.74) is 0. The number of hydrogen-bond donors (Lipinski definition) is 1. The minimum absolute atomic E-state index is 0.319. The van der Waals surface area contributed by atoms with Crippen LogP contribution < -0.4 is 0 Å². The number of unbranched alkanes of at least 4 members (excludes halogenated alkanes) is 1. The third-order valence-electron chi connectivity index (χ3n) is 3.13. The molecule has 16 heavy (non-hydrogen) atoms. The molecule has 0 amide bonds. The number of hydrogen-bond acceptors (Lipinski definition) is 3. The fourth-order valence-electron chi connectivity index (χ4n) is 2.13. The summed E-state index contributed by atoms with van der Waals surface area (Å²) in [6.07, 6.45) is 4.90. The van der Waals surface area contributed by atoms with E-state index in [1.54, 1.807) is 0 Å². The topological polar surface area (TPSA) is 63.6 Å². The third-order valence-corrected chi connectivity index (χ3v) is 3.13. The third kappa shape index (κ3) is 3.51. The van der Waals surface area contributed by atoms with Gasteiger partial charge in [0, 0.05) is 0 Å². The van der Waals surface area contributed by atoms with E-state index in [9.17, 15) is 9.59 Å². The lowest BCUT2D eigenvalue weighted by Crippen LogP contribution is -2.33. The molecule has 1 aliphatic carbocycles. The molecule has 1 fully saturated rings. The van der Waals surface area contributed by atoms with E-state index in [0.717, 1.165) is 25.7 Å². The number of rotatable bonds is 5. The van der Waals surface area contributed by atoms with Crippen molar-refractivity contribution in [3.63, 3.8) is 0 Å². The second-order valence-corrected chi connectivity index (χ2v) is 4.36. The van der Waals surface area contributed by atoms with Crippen LogP contribution in [0.4, 0.5) is 0 Å². The Kier molecular flexibility index (Phi) is 5.29. The van der Waals surface area contributed by atoms with E-state index in [2.05, 4.69) is 0 Å². The van der Waals surface area contributed by atoms with Crippen LogP contribution in [0, 0.1) is 11.8 Å². The molecule has 0 saturated heterocycles. The first kappa shape index (κ1) is 13.0. The summed E-state index contributed by atoms with van der Waals surface area (Å²) in [7, 11) is 0. The Morgan fingerprint density at radius 3 is 2.44 bits per heavy atom. The molecule has 0 bridgehead atoms. The predicted octanol–water partition coefficient (Wildman–Crippen LogP) is 2.22. The molecule has 0 radical (unpaired) electrons. The standard InChI is InChI=1S/C12H20O4/c1-2-3-8-16-12(15)10-7-5-4-6-9(10)11(13)14/h9-10H,2-8H2,1H3,(H,13,14)/t9-,10-/m1/s1. The molecule has 0 spiro atoms. The Bertz CT molecular complexity index is 249. The molecule has 1 rings (SSSR count). The van der Waals surface area contributed by atoms with Gasteiger partial charge in [0.2, 0.25) is 0 Å². The molecule has 0 aromatic carbocycles. The van der Waals surface area contributed by atoms with Crippen molar-refractivity contribution < 1.29 is 19.4 Å².